The number of halogens is 1. The van der Waals surface area contributed by atoms with E-state index in [4.69, 9.17) is 11.6 Å². The summed E-state index contributed by atoms with van der Waals surface area (Å²) in [6, 6.07) is 15.5. The van der Waals surface area contributed by atoms with Gasteiger partial charge in [0.05, 0.1) is 10.7 Å². The van der Waals surface area contributed by atoms with Gasteiger partial charge < -0.3 is 20.0 Å². The normalized spacial score (nSPS) is 17.9. The number of hydrogen-bond donors (Lipinski definition) is 1. The topological polar surface area (TPSA) is 55.9 Å². The molecule has 158 valence electrons. The molecule has 4 rings (SSSR count). The van der Waals surface area contributed by atoms with Gasteiger partial charge in [-0.2, -0.15) is 0 Å². The van der Waals surface area contributed by atoms with Crippen molar-refractivity contribution < 1.29 is 9.59 Å². The zero-order valence-electron chi connectivity index (χ0n) is 17.2. The first-order valence-corrected chi connectivity index (χ1v) is 10.9. The predicted octanol–water partition coefficient (Wildman–Crippen LogP) is 3.62. The van der Waals surface area contributed by atoms with E-state index in [0.29, 0.717) is 31.1 Å². The number of para-hydroxylation sites is 1. The summed E-state index contributed by atoms with van der Waals surface area (Å²) in [5.41, 5.74) is 2.71. The van der Waals surface area contributed by atoms with Crippen LogP contribution in [-0.4, -0.2) is 55.5 Å². The summed E-state index contributed by atoms with van der Waals surface area (Å²) in [6.07, 6.45) is 1.43. The maximum absolute atomic E-state index is 12.9. The van der Waals surface area contributed by atoms with Crippen LogP contribution in [0.3, 0.4) is 0 Å². The van der Waals surface area contributed by atoms with E-state index < -0.39 is 0 Å². The van der Waals surface area contributed by atoms with Gasteiger partial charge in [-0.1, -0.05) is 29.8 Å². The molecular weight excluding hydrogens is 400 g/mol. The van der Waals surface area contributed by atoms with E-state index >= 15 is 0 Å². The molecule has 0 spiro atoms. The number of anilines is 3. The zero-order chi connectivity index (χ0) is 21.1. The summed E-state index contributed by atoms with van der Waals surface area (Å²) < 4.78 is 0. The van der Waals surface area contributed by atoms with Crippen LogP contribution in [0.1, 0.15) is 19.8 Å². The number of nitrogens with zero attached hydrogens (tertiary/aromatic N) is 3. The molecule has 1 N–H and O–H groups in total. The van der Waals surface area contributed by atoms with Gasteiger partial charge in [0, 0.05) is 50.5 Å². The van der Waals surface area contributed by atoms with Crippen molar-refractivity contribution in [1.29, 1.82) is 0 Å². The third-order valence-corrected chi connectivity index (χ3v) is 6.08. The molecule has 7 heteroatoms. The Morgan fingerprint density at radius 1 is 1.03 bits per heavy atom. The van der Waals surface area contributed by atoms with Gasteiger partial charge in [0.15, 0.2) is 0 Å². The smallest absolute Gasteiger partial charge is 0.244 e. The minimum atomic E-state index is -0.358. The molecule has 2 aromatic rings. The molecule has 1 atom stereocenters. The first-order valence-electron chi connectivity index (χ1n) is 10.5. The van der Waals surface area contributed by atoms with Crippen LogP contribution in [0.15, 0.2) is 48.5 Å². The highest BCUT2D eigenvalue weighted by Gasteiger charge is 2.26. The summed E-state index contributed by atoms with van der Waals surface area (Å²) in [6.45, 7) is 5.64. The van der Waals surface area contributed by atoms with Gasteiger partial charge >= 0.3 is 0 Å². The molecule has 0 bridgehead atoms. The molecular formula is C23H27ClN4O2. The van der Waals surface area contributed by atoms with Crippen LogP contribution >= 0.6 is 11.6 Å². The quantitative estimate of drug-likeness (QED) is 0.793. The van der Waals surface area contributed by atoms with Crippen molar-refractivity contribution in [3.8, 4) is 0 Å². The zero-order valence-corrected chi connectivity index (χ0v) is 17.9. The number of benzene rings is 2. The Hall–Kier alpha value is -2.73. The van der Waals surface area contributed by atoms with Crippen LogP contribution in [0.5, 0.6) is 0 Å². The summed E-state index contributed by atoms with van der Waals surface area (Å²) in [7, 11) is 0. The highest BCUT2D eigenvalue weighted by Crippen LogP contribution is 2.32. The molecule has 0 aliphatic carbocycles. The molecule has 2 saturated heterocycles. The van der Waals surface area contributed by atoms with Gasteiger partial charge in [0.1, 0.15) is 6.04 Å². The van der Waals surface area contributed by atoms with Crippen molar-refractivity contribution in [3.63, 3.8) is 0 Å². The average Bonchev–Trinajstić information content (AvgIpc) is 3.19. The molecule has 2 fully saturated rings. The van der Waals surface area contributed by atoms with Gasteiger partial charge in [0.25, 0.3) is 0 Å². The lowest BCUT2D eigenvalue weighted by atomic mass is 10.2. The van der Waals surface area contributed by atoms with E-state index in [-0.39, 0.29) is 17.9 Å². The Kier molecular flexibility index (Phi) is 6.13. The average molecular weight is 427 g/mol. The van der Waals surface area contributed by atoms with Crippen molar-refractivity contribution >= 4 is 40.5 Å². The lowest BCUT2D eigenvalue weighted by Gasteiger charge is -2.37. The van der Waals surface area contributed by atoms with Crippen LogP contribution in [-0.2, 0) is 9.59 Å². The SMILES string of the molecule is C[C@@H](Nc1ccc(N2CCCC2=O)c(Cl)c1)C(=O)N1CCN(c2ccccc2)CC1. The van der Waals surface area contributed by atoms with Crippen molar-refractivity contribution in [2.75, 3.05) is 47.8 Å². The van der Waals surface area contributed by atoms with Crippen LogP contribution in [0.4, 0.5) is 17.1 Å². The highest BCUT2D eigenvalue weighted by atomic mass is 35.5. The molecule has 2 aliphatic heterocycles. The lowest BCUT2D eigenvalue weighted by molar-refractivity contribution is -0.132. The molecule has 0 saturated carbocycles. The third-order valence-electron chi connectivity index (χ3n) is 5.78. The maximum Gasteiger partial charge on any atom is 0.244 e. The third kappa shape index (κ3) is 4.38. The Morgan fingerprint density at radius 2 is 1.77 bits per heavy atom. The van der Waals surface area contributed by atoms with Crippen molar-refractivity contribution in [3.05, 3.63) is 53.6 Å². The van der Waals surface area contributed by atoms with Crippen LogP contribution in [0.2, 0.25) is 5.02 Å². The predicted molar refractivity (Wildman–Crippen MR) is 121 cm³/mol. The van der Waals surface area contributed by atoms with Gasteiger partial charge in [0.2, 0.25) is 11.8 Å². The Morgan fingerprint density at radius 3 is 2.40 bits per heavy atom. The van der Waals surface area contributed by atoms with E-state index in [1.807, 2.05) is 42.2 Å². The van der Waals surface area contributed by atoms with Crippen LogP contribution in [0.25, 0.3) is 0 Å². The molecule has 2 amide bonds. The van der Waals surface area contributed by atoms with Crippen LogP contribution < -0.4 is 15.1 Å². The summed E-state index contributed by atoms with van der Waals surface area (Å²) >= 11 is 6.43. The second kappa shape index (κ2) is 8.96. The number of nitrogens with one attached hydrogen (secondary N) is 1. The van der Waals surface area contributed by atoms with Gasteiger partial charge in [-0.3, -0.25) is 9.59 Å². The molecule has 2 aliphatic rings. The minimum Gasteiger partial charge on any atom is -0.374 e. The second-order valence-electron chi connectivity index (χ2n) is 7.83. The standard InChI is InChI=1S/C23H27ClN4O2/c1-17(23(30)27-14-12-26(13-15-27)19-6-3-2-4-7-19)25-18-9-10-21(20(24)16-18)28-11-5-8-22(28)29/h2-4,6-7,9-10,16-17,25H,5,8,11-15H2,1H3/t17-/m1/s1. The molecule has 0 aromatic heterocycles. The van der Waals surface area contributed by atoms with Gasteiger partial charge in [-0.25, -0.2) is 0 Å². The summed E-state index contributed by atoms with van der Waals surface area (Å²) in [5, 5.41) is 3.78. The number of carbonyl (C=O) groups is 2. The van der Waals surface area contributed by atoms with Gasteiger partial charge in [-0.05, 0) is 43.7 Å². The summed E-state index contributed by atoms with van der Waals surface area (Å²) in [4.78, 5) is 30.8. The fourth-order valence-electron chi connectivity index (χ4n) is 4.13. The van der Waals surface area contributed by atoms with Crippen molar-refractivity contribution in [2.24, 2.45) is 0 Å². The Bertz CT molecular complexity index is 913. The van der Waals surface area contributed by atoms with E-state index in [1.165, 1.54) is 5.69 Å². The Balaban J connectivity index is 1.34. The monoisotopic (exact) mass is 426 g/mol. The lowest BCUT2D eigenvalue weighted by Crippen LogP contribution is -2.52. The van der Waals surface area contributed by atoms with E-state index in [1.54, 1.807) is 11.0 Å². The Labute approximate surface area is 182 Å². The fourth-order valence-corrected chi connectivity index (χ4v) is 4.41. The highest BCUT2D eigenvalue weighted by molar-refractivity contribution is 6.34. The molecule has 2 aromatic carbocycles. The van der Waals surface area contributed by atoms with Crippen molar-refractivity contribution in [1.82, 2.24) is 4.90 Å². The minimum absolute atomic E-state index is 0.0811. The van der Waals surface area contributed by atoms with E-state index in [9.17, 15) is 9.59 Å². The largest absolute Gasteiger partial charge is 0.374 e. The van der Waals surface area contributed by atoms with Gasteiger partial charge in [-0.15, -0.1) is 0 Å². The van der Waals surface area contributed by atoms with E-state index in [0.717, 1.165) is 30.9 Å². The maximum atomic E-state index is 12.9. The number of carbonyl (C=O) groups excluding carboxylic acids is 2. The number of rotatable bonds is 5. The number of amides is 2. The first-order chi connectivity index (χ1) is 14.5. The number of hydrogen-bond acceptors (Lipinski definition) is 4. The first kappa shape index (κ1) is 20.5. The second-order valence-corrected chi connectivity index (χ2v) is 8.24. The molecule has 30 heavy (non-hydrogen) atoms. The molecule has 6 nitrogen and oxygen atoms in total. The number of piperazine rings is 1. The van der Waals surface area contributed by atoms with E-state index in [2.05, 4.69) is 22.3 Å². The molecule has 0 unspecified atom stereocenters. The fraction of sp³-hybridized carbons (Fsp3) is 0.391. The van der Waals surface area contributed by atoms with Crippen LogP contribution in [0, 0.1) is 0 Å². The molecule has 2 heterocycles. The van der Waals surface area contributed by atoms with Crippen molar-refractivity contribution in [2.45, 2.75) is 25.8 Å². The summed E-state index contributed by atoms with van der Waals surface area (Å²) in [5.74, 6) is 0.188. The molecule has 0 radical (unpaired) electrons.